The smallest absolute Gasteiger partial charge is 0.353 e. The topological polar surface area (TPSA) is 141 Å². The first kappa shape index (κ1) is 19.6. The van der Waals surface area contributed by atoms with E-state index in [2.05, 4.69) is 5.32 Å². The molecule has 0 spiro atoms. The third kappa shape index (κ3) is 3.26. The Bertz CT molecular complexity index is 912. The number of thioether (sulfide) groups is 1. The lowest BCUT2D eigenvalue weighted by atomic mass is 9.96. The number of nitrogens with zero attached hydrogens (tertiary/aromatic N) is 1. The maximum Gasteiger partial charge on any atom is 0.353 e. The van der Waals surface area contributed by atoms with E-state index < -0.39 is 46.9 Å². The highest BCUT2D eigenvalue weighted by molar-refractivity contribution is 8.00. The molecular weight excluding hydrogens is 388 g/mol. The van der Waals surface area contributed by atoms with Crippen molar-refractivity contribution in [3.05, 3.63) is 47.2 Å². The molecule has 10 heteroatoms. The van der Waals surface area contributed by atoms with Crippen molar-refractivity contribution in [3.8, 4) is 0 Å². The molecule has 2 amide bonds. The molecular formula is C18H16N2O7S. The first-order valence-corrected chi connectivity index (χ1v) is 9.29. The summed E-state index contributed by atoms with van der Waals surface area (Å²) in [6.07, 6.45) is 0. The van der Waals surface area contributed by atoms with Gasteiger partial charge in [-0.15, -0.1) is 11.8 Å². The van der Waals surface area contributed by atoms with Crippen molar-refractivity contribution < 1.29 is 34.2 Å². The van der Waals surface area contributed by atoms with Gasteiger partial charge in [0.1, 0.15) is 17.1 Å². The number of hydrogen-bond acceptors (Lipinski definition) is 6. The molecule has 0 bridgehead atoms. The minimum absolute atomic E-state index is 0.0274. The molecule has 3 N–H and O–H groups in total. The molecule has 2 aliphatic heterocycles. The molecule has 0 aromatic heterocycles. The average molecular weight is 404 g/mol. The monoisotopic (exact) mass is 404 g/mol. The van der Waals surface area contributed by atoms with Crippen LogP contribution in [-0.2, 0) is 24.0 Å². The number of nitrogens with one attached hydrogen (secondary N) is 1. The average Bonchev–Trinajstić information content (AvgIpc) is 2.65. The van der Waals surface area contributed by atoms with Crippen LogP contribution in [0.25, 0.3) is 0 Å². The number of amides is 2. The Kier molecular flexibility index (Phi) is 5.23. The third-order valence-corrected chi connectivity index (χ3v) is 5.82. The van der Waals surface area contributed by atoms with Gasteiger partial charge in [0.05, 0.1) is 0 Å². The maximum absolute atomic E-state index is 12.5. The predicted molar refractivity (Wildman–Crippen MR) is 97.2 cm³/mol. The van der Waals surface area contributed by atoms with Gasteiger partial charge in [-0.1, -0.05) is 30.3 Å². The lowest BCUT2D eigenvalue weighted by Gasteiger charge is -2.49. The van der Waals surface area contributed by atoms with Gasteiger partial charge in [-0.3, -0.25) is 24.1 Å². The van der Waals surface area contributed by atoms with Gasteiger partial charge in [-0.25, -0.2) is 4.79 Å². The number of Topliss-reactive ketones (excluding diaryl/α,β-unsaturated/α-hetero) is 1. The SMILES string of the molecule is CC(=O)C1=C(C(=O)O)N2C(=O)C(NC(=O)C(C(=O)O)c3ccccc3)[C@@H]2SC1. The van der Waals surface area contributed by atoms with E-state index in [9.17, 15) is 34.2 Å². The van der Waals surface area contributed by atoms with Crippen LogP contribution in [0, 0.1) is 0 Å². The minimum atomic E-state index is -1.50. The zero-order valence-electron chi connectivity index (χ0n) is 14.6. The Morgan fingerprint density at radius 2 is 1.82 bits per heavy atom. The number of ketones is 1. The fraction of sp³-hybridized carbons (Fsp3) is 0.278. The summed E-state index contributed by atoms with van der Waals surface area (Å²) < 4.78 is 0. The number of benzene rings is 1. The van der Waals surface area contributed by atoms with Crippen molar-refractivity contribution in [1.82, 2.24) is 10.2 Å². The van der Waals surface area contributed by atoms with Gasteiger partial charge in [-0.05, 0) is 12.5 Å². The number of carboxylic acids is 2. The van der Waals surface area contributed by atoms with E-state index in [4.69, 9.17) is 0 Å². The van der Waals surface area contributed by atoms with Crippen molar-refractivity contribution in [2.24, 2.45) is 0 Å². The molecule has 9 nitrogen and oxygen atoms in total. The van der Waals surface area contributed by atoms with Crippen LogP contribution in [0.4, 0.5) is 0 Å². The molecule has 146 valence electrons. The van der Waals surface area contributed by atoms with E-state index >= 15 is 0 Å². The Morgan fingerprint density at radius 1 is 1.18 bits per heavy atom. The summed E-state index contributed by atoms with van der Waals surface area (Å²) in [7, 11) is 0. The van der Waals surface area contributed by atoms with Crippen LogP contribution in [0.3, 0.4) is 0 Å². The van der Waals surface area contributed by atoms with E-state index in [1.807, 2.05) is 0 Å². The number of carbonyl (C=O) groups is 5. The highest BCUT2D eigenvalue weighted by atomic mass is 32.2. The second-order valence-electron chi connectivity index (χ2n) is 6.27. The van der Waals surface area contributed by atoms with Gasteiger partial charge in [0, 0.05) is 11.3 Å². The molecule has 3 atom stereocenters. The minimum Gasteiger partial charge on any atom is -0.480 e. The molecule has 1 aromatic carbocycles. The molecule has 0 aliphatic carbocycles. The summed E-state index contributed by atoms with van der Waals surface area (Å²) in [5, 5.41) is 20.5. The van der Waals surface area contributed by atoms with Gasteiger partial charge in [0.25, 0.3) is 5.91 Å². The molecule has 1 fully saturated rings. The molecule has 1 saturated heterocycles. The number of rotatable bonds is 6. The Hall–Kier alpha value is -3.14. The molecule has 2 heterocycles. The van der Waals surface area contributed by atoms with Gasteiger partial charge >= 0.3 is 11.9 Å². The van der Waals surface area contributed by atoms with E-state index in [0.717, 1.165) is 16.7 Å². The van der Waals surface area contributed by atoms with E-state index in [-0.39, 0.29) is 22.6 Å². The van der Waals surface area contributed by atoms with Crippen LogP contribution in [-0.4, -0.2) is 61.8 Å². The largest absolute Gasteiger partial charge is 0.480 e. The predicted octanol–water partition coefficient (Wildman–Crippen LogP) is 0.182. The molecule has 0 radical (unpaired) electrons. The summed E-state index contributed by atoms with van der Waals surface area (Å²) in [4.78, 5) is 60.8. The number of hydrogen-bond donors (Lipinski definition) is 3. The van der Waals surface area contributed by atoms with Crippen LogP contribution in [0.15, 0.2) is 41.6 Å². The van der Waals surface area contributed by atoms with Gasteiger partial charge in [0.2, 0.25) is 5.91 Å². The van der Waals surface area contributed by atoms with Gasteiger partial charge < -0.3 is 15.5 Å². The van der Waals surface area contributed by atoms with Gasteiger partial charge in [-0.2, -0.15) is 0 Å². The lowest BCUT2D eigenvalue weighted by molar-refractivity contribution is -0.152. The highest BCUT2D eigenvalue weighted by Gasteiger charge is 2.55. The van der Waals surface area contributed by atoms with Crippen LogP contribution < -0.4 is 5.32 Å². The van der Waals surface area contributed by atoms with Crippen molar-refractivity contribution in [2.75, 3.05) is 5.75 Å². The normalized spacial score (nSPS) is 22.0. The fourth-order valence-electron chi connectivity index (χ4n) is 3.18. The van der Waals surface area contributed by atoms with Gasteiger partial charge in [0.15, 0.2) is 11.7 Å². The standard InChI is InChI=1S/C18H16N2O7S/c1-8(21)10-7-28-16-12(15(23)20(16)13(10)18(26)27)19-14(22)11(17(24)25)9-5-3-2-4-6-9/h2-6,11-12,16H,7H2,1H3,(H,19,22)(H,24,25)(H,26,27)/t11?,12?,16-/m0/s1. The fourth-order valence-corrected chi connectivity index (χ4v) is 4.59. The molecule has 0 saturated carbocycles. The summed E-state index contributed by atoms with van der Waals surface area (Å²) in [5.74, 6) is -6.19. The highest BCUT2D eigenvalue weighted by Crippen LogP contribution is 2.40. The Morgan fingerprint density at radius 3 is 2.36 bits per heavy atom. The molecule has 28 heavy (non-hydrogen) atoms. The third-order valence-electron chi connectivity index (χ3n) is 4.54. The second kappa shape index (κ2) is 7.47. The van der Waals surface area contributed by atoms with Crippen molar-refractivity contribution in [1.29, 1.82) is 0 Å². The van der Waals surface area contributed by atoms with Crippen molar-refractivity contribution >= 4 is 41.3 Å². The van der Waals surface area contributed by atoms with E-state index in [1.54, 1.807) is 18.2 Å². The van der Waals surface area contributed by atoms with E-state index in [1.165, 1.54) is 19.1 Å². The number of fused-ring (bicyclic) bond motifs is 1. The number of carboxylic acid groups (broad SMARTS) is 2. The number of β-lactam (4-membered cyclic amide) rings is 1. The van der Waals surface area contributed by atoms with E-state index in [0.29, 0.717) is 0 Å². The van der Waals surface area contributed by atoms with Crippen LogP contribution >= 0.6 is 11.8 Å². The summed E-state index contributed by atoms with van der Waals surface area (Å²) >= 11 is 1.14. The first-order valence-electron chi connectivity index (χ1n) is 8.24. The number of carbonyl (C=O) groups excluding carboxylic acids is 3. The zero-order chi connectivity index (χ0) is 20.6. The lowest BCUT2D eigenvalue weighted by Crippen LogP contribution is -2.71. The molecule has 2 unspecified atom stereocenters. The first-order chi connectivity index (χ1) is 13.2. The molecule has 2 aliphatic rings. The van der Waals surface area contributed by atoms with Crippen LogP contribution in [0.2, 0.25) is 0 Å². The summed E-state index contributed by atoms with van der Waals surface area (Å²) in [5.41, 5.74) is -0.0958. The van der Waals surface area contributed by atoms with Crippen molar-refractivity contribution in [3.63, 3.8) is 0 Å². The molecule has 1 aromatic rings. The second-order valence-corrected chi connectivity index (χ2v) is 7.37. The van der Waals surface area contributed by atoms with Crippen LogP contribution in [0.1, 0.15) is 18.4 Å². The summed E-state index contributed by atoms with van der Waals surface area (Å²) in [6, 6.07) is 6.79. The van der Waals surface area contributed by atoms with Crippen LogP contribution in [0.5, 0.6) is 0 Å². The Balaban J connectivity index is 1.82. The maximum atomic E-state index is 12.5. The molecule has 3 rings (SSSR count). The zero-order valence-corrected chi connectivity index (χ0v) is 15.4. The Labute approximate surface area is 163 Å². The van der Waals surface area contributed by atoms with Crippen molar-refractivity contribution in [2.45, 2.75) is 24.3 Å². The quantitative estimate of drug-likeness (QED) is 0.450. The number of aliphatic carboxylic acids is 2. The summed E-state index contributed by atoms with van der Waals surface area (Å²) in [6.45, 7) is 1.22.